The molecule has 0 amide bonds. The number of fused-ring (bicyclic) bond motifs is 1. The number of ketones is 1. The van der Waals surface area contributed by atoms with Crippen LogP contribution in [0.4, 0.5) is 0 Å². The SMILES string of the molecule is CC(CN)CC(=O)c1cccc2ccncc12. The van der Waals surface area contributed by atoms with Crippen LogP contribution in [0.2, 0.25) is 0 Å². The van der Waals surface area contributed by atoms with E-state index in [4.69, 9.17) is 5.73 Å². The highest BCUT2D eigenvalue weighted by Gasteiger charge is 2.12. The number of nitrogens with two attached hydrogens (primary N) is 1. The lowest BCUT2D eigenvalue weighted by molar-refractivity contribution is 0.0967. The maximum absolute atomic E-state index is 12.1. The number of hydrogen-bond donors (Lipinski definition) is 1. The highest BCUT2D eigenvalue weighted by molar-refractivity contribution is 6.07. The van der Waals surface area contributed by atoms with Crippen LogP contribution < -0.4 is 5.73 Å². The predicted octanol–water partition coefficient (Wildman–Crippen LogP) is 2.40. The van der Waals surface area contributed by atoms with Crippen molar-refractivity contribution in [3.05, 3.63) is 42.2 Å². The first-order valence-electron chi connectivity index (χ1n) is 5.78. The zero-order valence-electron chi connectivity index (χ0n) is 9.89. The summed E-state index contributed by atoms with van der Waals surface area (Å²) < 4.78 is 0. The van der Waals surface area contributed by atoms with Gasteiger partial charge in [0.25, 0.3) is 0 Å². The average Bonchev–Trinajstić information content (AvgIpc) is 2.37. The van der Waals surface area contributed by atoms with Crippen molar-refractivity contribution in [1.29, 1.82) is 0 Å². The molecule has 2 N–H and O–H groups in total. The number of carbonyl (C=O) groups is 1. The molecule has 0 aliphatic rings. The Kier molecular flexibility index (Phi) is 3.49. The third-order valence-electron chi connectivity index (χ3n) is 2.92. The summed E-state index contributed by atoms with van der Waals surface area (Å²) in [6.07, 6.45) is 3.97. The first kappa shape index (κ1) is 11.7. The normalized spacial score (nSPS) is 12.6. The van der Waals surface area contributed by atoms with E-state index in [0.717, 1.165) is 16.3 Å². The fraction of sp³-hybridized carbons (Fsp3) is 0.286. The maximum Gasteiger partial charge on any atom is 0.163 e. The van der Waals surface area contributed by atoms with E-state index in [-0.39, 0.29) is 11.7 Å². The molecule has 0 aliphatic heterocycles. The second kappa shape index (κ2) is 5.06. The number of carbonyl (C=O) groups excluding carboxylic acids is 1. The lowest BCUT2D eigenvalue weighted by Gasteiger charge is -2.09. The molecule has 1 heterocycles. The number of aromatic nitrogens is 1. The van der Waals surface area contributed by atoms with Gasteiger partial charge in [0.2, 0.25) is 0 Å². The van der Waals surface area contributed by atoms with E-state index in [1.807, 2.05) is 31.2 Å². The van der Waals surface area contributed by atoms with E-state index in [9.17, 15) is 4.79 Å². The zero-order valence-corrected chi connectivity index (χ0v) is 9.89. The van der Waals surface area contributed by atoms with Crippen LogP contribution in [0.5, 0.6) is 0 Å². The lowest BCUT2D eigenvalue weighted by atomic mass is 9.96. The number of Topliss-reactive ketones (excluding diaryl/α,β-unsaturated/α-hetero) is 1. The first-order chi connectivity index (χ1) is 8.22. The summed E-state index contributed by atoms with van der Waals surface area (Å²) in [5.41, 5.74) is 6.29. The van der Waals surface area contributed by atoms with Gasteiger partial charge in [-0.05, 0) is 23.9 Å². The molecule has 3 heteroatoms. The summed E-state index contributed by atoms with van der Waals surface area (Å²) in [4.78, 5) is 16.2. The van der Waals surface area contributed by atoms with Crippen molar-refractivity contribution >= 4 is 16.6 Å². The summed E-state index contributed by atoms with van der Waals surface area (Å²) in [5.74, 6) is 0.357. The molecule has 17 heavy (non-hydrogen) atoms. The van der Waals surface area contributed by atoms with Gasteiger partial charge in [-0.2, -0.15) is 0 Å². The van der Waals surface area contributed by atoms with Crippen molar-refractivity contribution in [2.24, 2.45) is 11.7 Å². The van der Waals surface area contributed by atoms with E-state index < -0.39 is 0 Å². The molecule has 0 radical (unpaired) electrons. The summed E-state index contributed by atoms with van der Waals surface area (Å²) in [6.45, 7) is 2.52. The molecule has 0 saturated heterocycles. The third kappa shape index (κ3) is 2.50. The highest BCUT2D eigenvalue weighted by Crippen LogP contribution is 2.20. The topological polar surface area (TPSA) is 56.0 Å². The molecule has 3 nitrogen and oxygen atoms in total. The molecule has 2 aromatic rings. The van der Waals surface area contributed by atoms with Gasteiger partial charge < -0.3 is 5.73 Å². The minimum atomic E-state index is 0.140. The number of benzene rings is 1. The molecule has 0 aliphatic carbocycles. The molecule has 1 aromatic carbocycles. The van der Waals surface area contributed by atoms with Gasteiger partial charge in [-0.3, -0.25) is 9.78 Å². The average molecular weight is 228 g/mol. The standard InChI is InChI=1S/C14H16N2O/c1-10(8-15)7-14(17)12-4-2-3-11-5-6-16-9-13(11)12/h2-6,9-10H,7-8,15H2,1H3. The minimum absolute atomic E-state index is 0.140. The van der Waals surface area contributed by atoms with E-state index >= 15 is 0 Å². The minimum Gasteiger partial charge on any atom is -0.330 e. The molecule has 0 saturated carbocycles. The van der Waals surface area contributed by atoms with Crippen molar-refractivity contribution in [3.63, 3.8) is 0 Å². The number of pyridine rings is 1. The summed E-state index contributed by atoms with van der Waals surface area (Å²) in [6, 6.07) is 7.66. The first-order valence-corrected chi connectivity index (χ1v) is 5.78. The van der Waals surface area contributed by atoms with Crippen molar-refractivity contribution < 1.29 is 4.79 Å². The third-order valence-corrected chi connectivity index (χ3v) is 2.92. The van der Waals surface area contributed by atoms with Crippen molar-refractivity contribution in [3.8, 4) is 0 Å². The Hall–Kier alpha value is -1.74. The molecular formula is C14H16N2O. The van der Waals surface area contributed by atoms with Crippen molar-refractivity contribution in [1.82, 2.24) is 4.98 Å². The molecule has 88 valence electrons. The zero-order chi connectivity index (χ0) is 12.3. The van der Waals surface area contributed by atoms with Gasteiger partial charge in [-0.25, -0.2) is 0 Å². The van der Waals surface area contributed by atoms with Gasteiger partial charge in [0, 0.05) is 29.8 Å². The smallest absolute Gasteiger partial charge is 0.163 e. The van der Waals surface area contributed by atoms with Crippen molar-refractivity contribution in [2.45, 2.75) is 13.3 Å². The number of hydrogen-bond acceptors (Lipinski definition) is 3. The lowest BCUT2D eigenvalue weighted by Crippen LogP contribution is -2.15. The van der Waals surface area contributed by atoms with Crippen LogP contribution in [0.25, 0.3) is 10.8 Å². The Balaban J connectivity index is 2.38. The fourth-order valence-corrected chi connectivity index (χ4v) is 1.87. The molecule has 0 fully saturated rings. The van der Waals surface area contributed by atoms with Crippen LogP contribution in [-0.4, -0.2) is 17.3 Å². The van der Waals surface area contributed by atoms with Crippen LogP contribution in [0.3, 0.4) is 0 Å². The number of nitrogens with zero attached hydrogens (tertiary/aromatic N) is 1. The van der Waals surface area contributed by atoms with Crippen LogP contribution >= 0.6 is 0 Å². The fourth-order valence-electron chi connectivity index (χ4n) is 1.87. The van der Waals surface area contributed by atoms with Gasteiger partial charge in [-0.15, -0.1) is 0 Å². The van der Waals surface area contributed by atoms with Crippen LogP contribution in [0.1, 0.15) is 23.7 Å². The van der Waals surface area contributed by atoms with Gasteiger partial charge >= 0.3 is 0 Å². The number of rotatable bonds is 4. The molecule has 2 rings (SSSR count). The van der Waals surface area contributed by atoms with E-state index in [0.29, 0.717) is 13.0 Å². The largest absolute Gasteiger partial charge is 0.330 e. The Morgan fingerprint density at radius 2 is 2.24 bits per heavy atom. The van der Waals surface area contributed by atoms with Gasteiger partial charge in [-0.1, -0.05) is 25.1 Å². The molecule has 0 spiro atoms. The second-order valence-corrected chi connectivity index (χ2v) is 4.37. The van der Waals surface area contributed by atoms with E-state index in [1.54, 1.807) is 12.4 Å². The monoisotopic (exact) mass is 228 g/mol. The molecule has 1 atom stereocenters. The Morgan fingerprint density at radius 1 is 1.41 bits per heavy atom. The van der Waals surface area contributed by atoms with Crippen LogP contribution in [0, 0.1) is 5.92 Å². The van der Waals surface area contributed by atoms with Crippen LogP contribution in [-0.2, 0) is 0 Å². The predicted molar refractivity (Wildman–Crippen MR) is 68.9 cm³/mol. The summed E-state index contributed by atoms with van der Waals surface area (Å²) in [7, 11) is 0. The Bertz CT molecular complexity index is 531. The maximum atomic E-state index is 12.1. The second-order valence-electron chi connectivity index (χ2n) is 4.37. The highest BCUT2D eigenvalue weighted by atomic mass is 16.1. The van der Waals surface area contributed by atoms with Gasteiger partial charge in [0.05, 0.1) is 0 Å². The Labute approximate surface area is 101 Å². The quantitative estimate of drug-likeness (QED) is 0.817. The molecule has 1 unspecified atom stereocenters. The Morgan fingerprint density at radius 3 is 3.00 bits per heavy atom. The van der Waals surface area contributed by atoms with E-state index in [2.05, 4.69) is 4.98 Å². The van der Waals surface area contributed by atoms with Gasteiger partial charge in [0.1, 0.15) is 0 Å². The molecule has 1 aromatic heterocycles. The molecule has 0 bridgehead atoms. The van der Waals surface area contributed by atoms with Gasteiger partial charge in [0.15, 0.2) is 5.78 Å². The van der Waals surface area contributed by atoms with E-state index in [1.165, 1.54) is 0 Å². The summed E-state index contributed by atoms with van der Waals surface area (Å²) in [5, 5.41) is 1.97. The van der Waals surface area contributed by atoms with Crippen LogP contribution in [0.15, 0.2) is 36.7 Å². The molecular weight excluding hydrogens is 212 g/mol. The summed E-state index contributed by atoms with van der Waals surface area (Å²) >= 11 is 0. The van der Waals surface area contributed by atoms with Crippen molar-refractivity contribution in [2.75, 3.05) is 6.54 Å².